The van der Waals surface area contributed by atoms with Crippen molar-refractivity contribution in [2.24, 2.45) is 5.41 Å². The van der Waals surface area contributed by atoms with Crippen molar-refractivity contribution in [3.8, 4) is 5.75 Å². The van der Waals surface area contributed by atoms with E-state index >= 15 is 0 Å². The van der Waals surface area contributed by atoms with E-state index in [1.807, 2.05) is 12.1 Å². The quantitative estimate of drug-likeness (QED) is 0.817. The molecule has 1 unspecified atom stereocenters. The second-order valence-corrected chi connectivity index (χ2v) is 7.89. The van der Waals surface area contributed by atoms with E-state index in [4.69, 9.17) is 4.43 Å². The number of hydrogen-bond donors (Lipinski definition) is 1. The number of hydrogen-bond acceptors (Lipinski definition) is 2. The van der Waals surface area contributed by atoms with Gasteiger partial charge in [-0.2, -0.15) is 0 Å². The molecule has 0 aliphatic heterocycles. The Kier molecular flexibility index (Phi) is 4.16. The highest BCUT2D eigenvalue weighted by Gasteiger charge is 2.27. The number of phenolic OH excluding ortho intramolecular Hbond substituents is 1. The van der Waals surface area contributed by atoms with Crippen LogP contribution in [0.1, 0.15) is 32.4 Å². The molecule has 0 saturated carbocycles. The molecule has 1 rings (SSSR count). The molecule has 1 atom stereocenters. The monoisotopic (exact) mass is 238 g/mol. The van der Waals surface area contributed by atoms with E-state index in [1.54, 1.807) is 12.1 Å². The Bertz CT molecular complexity index is 325. The molecule has 0 bridgehead atoms. The molecule has 1 aromatic rings. The molecule has 0 amide bonds. The van der Waals surface area contributed by atoms with Crippen LogP contribution in [0.25, 0.3) is 0 Å². The minimum absolute atomic E-state index is 0.0776. The minimum Gasteiger partial charge on any atom is -0.508 e. The van der Waals surface area contributed by atoms with E-state index in [0.717, 1.165) is 5.56 Å². The fraction of sp³-hybridized carbons (Fsp3) is 0.538. The maximum absolute atomic E-state index is 9.29. The summed E-state index contributed by atoms with van der Waals surface area (Å²) in [6, 6.07) is 7.34. The largest absolute Gasteiger partial charge is 0.508 e. The van der Waals surface area contributed by atoms with Crippen molar-refractivity contribution in [1.82, 2.24) is 0 Å². The molecule has 90 valence electrons. The van der Waals surface area contributed by atoms with E-state index in [-0.39, 0.29) is 11.5 Å². The standard InChI is InChI=1S/C13H22O2Si/c1-13(2,3)12(15-16(4)5)10-6-8-11(14)9-7-10/h6-9,12,14,16H,1-5H3. The van der Waals surface area contributed by atoms with Gasteiger partial charge in [-0.05, 0) is 36.2 Å². The molecule has 0 aliphatic rings. The number of aromatic hydroxyl groups is 1. The molecular weight excluding hydrogens is 216 g/mol. The number of phenols is 1. The van der Waals surface area contributed by atoms with Crippen molar-refractivity contribution in [2.45, 2.75) is 40.0 Å². The molecule has 1 N–H and O–H groups in total. The summed E-state index contributed by atoms with van der Waals surface area (Å²) in [5.41, 5.74) is 1.22. The topological polar surface area (TPSA) is 29.5 Å². The summed E-state index contributed by atoms with van der Waals surface area (Å²) in [5.74, 6) is 0.304. The molecule has 0 aliphatic carbocycles. The second kappa shape index (κ2) is 5.02. The minimum atomic E-state index is -1.07. The van der Waals surface area contributed by atoms with Gasteiger partial charge in [0.15, 0.2) is 9.04 Å². The van der Waals surface area contributed by atoms with Gasteiger partial charge in [0.1, 0.15) is 5.75 Å². The first-order chi connectivity index (χ1) is 7.30. The van der Waals surface area contributed by atoms with Gasteiger partial charge in [-0.1, -0.05) is 32.9 Å². The Hall–Kier alpha value is -0.803. The Balaban J connectivity index is 2.97. The zero-order valence-corrected chi connectivity index (χ0v) is 12.0. The van der Waals surface area contributed by atoms with Gasteiger partial charge in [-0.15, -0.1) is 0 Å². The highest BCUT2D eigenvalue weighted by atomic mass is 28.3. The number of benzene rings is 1. The molecule has 3 heteroatoms. The van der Waals surface area contributed by atoms with Crippen LogP contribution in [0.3, 0.4) is 0 Å². The molecule has 16 heavy (non-hydrogen) atoms. The molecule has 0 heterocycles. The SMILES string of the molecule is C[SiH](C)OC(c1ccc(O)cc1)C(C)(C)C. The molecule has 0 radical (unpaired) electrons. The van der Waals surface area contributed by atoms with E-state index in [0.29, 0.717) is 5.75 Å². The lowest BCUT2D eigenvalue weighted by Gasteiger charge is -2.33. The van der Waals surface area contributed by atoms with Crippen LogP contribution in [0.15, 0.2) is 24.3 Å². The van der Waals surface area contributed by atoms with Gasteiger partial charge in [-0.3, -0.25) is 0 Å². The molecule has 1 aromatic carbocycles. The predicted octanol–water partition coefficient (Wildman–Crippen LogP) is 3.48. The van der Waals surface area contributed by atoms with Crippen LogP contribution >= 0.6 is 0 Å². The van der Waals surface area contributed by atoms with Crippen LogP contribution in [0.2, 0.25) is 13.1 Å². The van der Waals surface area contributed by atoms with Crippen LogP contribution in [-0.4, -0.2) is 14.1 Å². The van der Waals surface area contributed by atoms with Crippen LogP contribution in [-0.2, 0) is 4.43 Å². The zero-order valence-electron chi connectivity index (χ0n) is 10.8. The molecular formula is C13H22O2Si. The van der Waals surface area contributed by atoms with Gasteiger partial charge >= 0.3 is 0 Å². The van der Waals surface area contributed by atoms with E-state index in [9.17, 15) is 5.11 Å². The summed E-state index contributed by atoms with van der Waals surface area (Å²) >= 11 is 0. The van der Waals surface area contributed by atoms with Crippen molar-refractivity contribution in [2.75, 3.05) is 0 Å². The first-order valence-electron chi connectivity index (χ1n) is 5.75. The van der Waals surface area contributed by atoms with Gasteiger partial charge in [0.25, 0.3) is 0 Å². The maximum atomic E-state index is 9.29. The van der Waals surface area contributed by atoms with E-state index in [2.05, 4.69) is 33.9 Å². The van der Waals surface area contributed by atoms with Crippen LogP contribution in [0.5, 0.6) is 5.75 Å². The Labute approximate surface area is 100.0 Å². The summed E-state index contributed by atoms with van der Waals surface area (Å²) in [6.07, 6.45) is 0.111. The molecule has 0 spiro atoms. The van der Waals surface area contributed by atoms with Gasteiger partial charge < -0.3 is 9.53 Å². The third-order valence-electron chi connectivity index (χ3n) is 2.39. The lowest BCUT2D eigenvalue weighted by molar-refractivity contribution is 0.0865. The summed E-state index contributed by atoms with van der Waals surface area (Å²) in [7, 11) is -1.07. The van der Waals surface area contributed by atoms with Crippen LogP contribution in [0, 0.1) is 5.41 Å². The average molecular weight is 238 g/mol. The van der Waals surface area contributed by atoms with Gasteiger partial charge in [0, 0.05) is 0 Å². The van der Waals surface area contributed by atoms with Crippen molar-refractivity contribution in [1.29, 1.82) is 0 Å². The Morgan fingerprint density at radius 2 is 1.62 bits per heavy atom. The predicted molar refractivity (Wildman–Crippen MR) is 70.3 cm³/mol. The fourth-order valence-corrected chi connectivity index (χ4v) is 2.81. The second-order valence-electron chi connectivity index (χ2n) is 5.52. The average Bonchev–Trinajstić information content (AvgIpc) is 2.14. The maximum Gasteiger partial charge on any atom is 0.171 e. The van der Waals surface area contributed by atoms with E-state index < -0.39 is 9.04 Å². The Morgan fingerprint density at radius 3 is 2.00 bits per heavy atom. The van der Waals surface area contributed by atoms with E-state index in [1.165, 1.54) is 0 Å². The zero-order chi connectivity index (χ0) is 12.3. The van der Waals surface area contributed by atoms with Crippen molar-refractivity contribution < 1.29 is 9.53 Å². The molecule has 0 fully saturated rings. The summed E-state index contributed by atoms with van der Waals surface area (Å²) in [6.45, 7) is 10.9. The van der Waals surface area contributed by atoms with Crippen LogP contribution in [0.4, 0.5) is 0 Å². The first kappa shape index (κ1) is 13.3. The highest BCUT2D eigenvalue weighted by Crippen LogP contribution is 2.36. The summed E-state index contributed by atoms with van der Waals surface area (Å²) in [4.78, 5) is 0. The van der Waals surface area contributed by atoms with Crippen molar-refractivity contribution >= 4 is 9.04 Å². The fourth-order valence-electron chi connectivity index (χ4n) is 1.70. The van der Waals surface area contributed by atoms with Gasteiger partial charge in [0.05, 0.1) is 6.10 Å². The summed E-state index contributed by atoms with van der Waals surface area (Å²) < 4.78 is 6.10. The molecule has 0 saturated heterocycles. The third kappa shape index (κ3) is 3.65. The first-order valence-corrected chi connectivity index (χ1v) is 8.53. The lowest BCUT2D eigenvalue weighted by atomic mass is 9.85. The van der Waals surface area contributed by atoms with Gasteiger partial charge in [0.2, 0.25) is 0 Å². The third-order valence-corrected chi connectivity index (χ3v) is 3.21. The smallest absolute Gasteiger partial charge is 0.171 e. The number of rotatable bonds is 3. The van der Waals surface area contributed by atoms with Crippen molar-refractivity contribution in [3.05, 3.63) is 29.8 Å². The molecule has 2 nitrogen and oxygen atoms in total. The normalized spacial score (nSPS) is 14.1. The van der Waals surface area contributed by atoms with Crippen LogP contribution < -0.4 is 0 Å². The lowest BCUT2D eigenvalue weighted by Crippen LogP contribution is -2.25. The molecule has 0 aromatic heterocycles. The summed E-state index contributed by atoms with van der Waals surface area (Å²) in [5, 5.41) is 9.29. The van der Waals surface area contributed by atoms with Gasteiger partial charge in [-0.25, -0.2) is 0 Å². The van der Waals surface area contributed by atoms with Crippen molar-refractivity contribution in [3.63, 3.8) is 0 Å². The highest BCUT2D eigenvalue weighted by molar-refractivity contribution is 6.48. The Morgan fingerprint density at radius 1 is 1.12 bits per heavy atom.